The first kappa shape index (κ1) is 6.58. The second kappa shape index (κ2) is 3.48. The average Bonchev–Trinajstić information content (AvgIpc) is 1.91. The van der Waals surface area contributed by atoms with Crippen molar-refractivity contribution in [3.8, 4) is 0 Å². The van der Waals surface area contributed by atoms with Crippen molar-refractivity contribution >= 4 is 12.8 Å². The third-order valence-electron chi connectivity index (χ3n) is 0.986. The quantitative estimate of drug-likeness (QED) is 0.599. The molecule has 0 amide bonds. The molecule has 1 aromatic rings. The van der Waals surface area contributed by atoms with E-state index >= 15 is 0 Å². The van der Waals surface area contributed by atoms with Gasteiger partial charge in [0.15, 0.2) is 0 Å². The minimum atomic E-state index is 0.712. The van der Waals surface area contributed by atoms with Crippen molar-refractivity contribution in [2.45, 2.75) is 6.54 Å². The lowest BCUT2D eigenvalue weighted by atomic mass is 10.4. The van der Waals surface area contributed by atoms with Gasteiger partial charge in [-0.1, -0.05) is 18.9 Å². The summed E-state index contributed by atoms with van der Waals surface area (Å²) in [5.41, 5.74) is 1.01. The van der Waals surface area contributed by atoms with Gasteiger partial charge in [0.2, 0.25) is 0 Å². The molecule has 0 saturated heterocycles. The summed E-state index contributed by atoms with van der Waals surface area (Å²) >= 11 is 3.84. The van der Waals surface area contributed by atoms with Crippen molar-refractivity contribution < 1.29 is 0 Å². The Bertz CT molecular complexity index is 164. The molecule has 0 bridgehead atoms. The highest BCUT2D eigenvalue weighted by Crippen LogP contribution is 1.91. The topological polar surface area (TPSA) is 24.9 Å². The molecule has 0 aliphatic heterocycles. The van der Waals surface area contributed by atoms with Gasteiger partial charge in [0, 0.05) is 12.7 Å². The van der Waals surface area contributed by atoms with Gasteiger partial charge in [-0.05, 0) is 12.1 Å². The van der Waals surface area contributed by atoms with Crippen LogP contribution in [0.5, 0.6) is 0 Å². The lowest BCUT2D eigenvalue weighted by Crippen LogP contribution is -1.99. The number of nitrogens with zero attached hydrogens (tertiary/aromatic N) is 1. The van der Waals surface area contributed by atoms with Gasteiger partial charge in [0.05, 0.1) is 5.69 Å². The molecule has 0 fully saturated rings. The van der Waals surface area contributed by atoms with Crippen LogP contribution in [0.3, 0.4) is 0 Å². The van der Waals surface area contributed by atoms with Crippen LogP contribution < -0.4 is 4.72 Å². The Hall–Kier alpha value is -0.540. The molecular weight excluding hydrogens is 132 g/mol. The third-order valence-corrected chi connectivity index (χ3v) is 1.14. The molecule has 0 aromatic carbocycles. The zero-order valence-electron chi connectivity index (χ0n) is 4.91. The molecule has 1 rings (SSSR count). The van der Waals surface area contributed by atoms with Gasteiger partial charge in [0.1, 0.15) is 0 Å². The molecule has 1 heterocycles. The normalized spacial score (nSPS) is 9.44. The molecule has 0 aliphatic rings. The van der Waals surface area contributed by atoms with Gasteiger partial charge in [-0.25, -0.2) is 0 Å². The fourth-order valence-corrected chi connectivity index (χ4v) is 0.746. The monoisotopic (exact) mass is 140 g/mol. The molecule has 3 heteroatoms. The summed E-state index contributed by atoms with van der Waals surface area (Å²) in [5.74, 6) is 0. The van der Waals surface area contributed by atoms with Crippen molar-refractivity contribution in [2.24, 2.45) is 0 Å². The highest BCUT2D eigenvalue weighted by Gasteiger charge is 1.85. The Kier molecular flexibility index (Phi) is 2.54. The minimum Gasteiger partial charge on any atom is -0.261 e. The van der Waals surface area contributed by atoms with Crippen LogP contribution in [0.25, 0.3) is 0 Å². The Morgan fingerprint density at radius 1 is 1.56 bits per heavy atom. The Morgan fingerprint density at radius 3 is 3.00 bits per heavy atom. The summed E-state index contributed by atoms with van der Waals surface area (Å²) in [6.07, 6.45) is 1.76. The van der Waals surface area contributed by atoms with E-state index in [9.17, 15) is 0 Å². The van der Waals surface area contributed by atoms with Crippen molar-refractivity contribution in [1.29, 1.82) is 0 Å². The van der Waals surface area contributed by atoms with Crippen molar-refractivity contribution in [1.82, 2.24) is 9.71 Å². The summed E-state index contributed by atoms with van der Waals surface area (Å²) in [7, 11) is 0. The van der Waals surface area contributed by atoms with Crippen LogP contribution >= 0.6 is 12.8 Å². The predicted molar refractivity (Wildman–Crippen MR) is 40.1 cm³/mol. The number of thiol groups is 1. The number of rotatable bonds is 2. The smallest absolute Gasteiger partial charge is 0.0550 e. The summed E-state index contributed by atoms with van der Waals surface area (Å²) in [5, 5.41) is 0. The Morgan fingerprint density at radius 2 is 2.44 bits per heavy atom. The van der Waals surface area contributed by atoms with E-state index < -0.39 is 0 Å². The second-order valence-corrected chi connectivity index (χ2v) is 1.97. The van der Waals surface area contributed by atoms with E-state index in [1.54, 1.807) is 6.20 Å². The van der Waals surface area contributed by atoms with Crippen molar-refractivity contribution in [2.75, 3.05) is 0 Å². The number of nitrogens with one attached hydrogen (secondary N) is 1. The fourth-order valence-electron chi connectivity index (χ4n) is 0.584. The molecule has 48 valence electrons. The van der Waals surface area contributed by atoms with Crippen LogP contribution in [0.2, 0.25) is 0 Å². The second-order valence-electron chi connectivity index (χ2n) is 1.66. The van der Waals surface area contributed by atoms with E-state index in [2.05, 4.69) is 22.5 Å². The SMILES string of the molecule is SNCc1ccccn1. The minimum absolute atomic E-state index is 0.712. The molecule has 0 aliphatic carbocycles. The van der Waals surface area contributed by atoms with E-state index in [0.29, 0.717) is 6.54 Å². The number of pyridine rings is 1. The van der Waals surface area contributed by atoms with Gasteiger partial charge in [0.25, 0.3) is 0 Å². The molecule has 0 unspecified atom stereocenters. The number of hydrogen-bond donors (Lipinski definition) is 2. The van der Waals surface area contributed by atoms with Crippen LogP contribution in [0.1, 0.15) is 5.69 Å². The lowest BCUT2D eigenvalue weighted by molar-refractivity contribution is 0.928. The molecule has 0 spiro atoms. The molecule has 1 aromatic heterocycles. The van der Waals surface area contributed by atoms with Crippen LogP contribution in [-0.2, 0) is 6.54 Å². The summed E-state index contributed by atoms with van der Waals surface area (Å²) in [6.45, 7) is 0.712. The third kappa shape index (κ3) is 2.03. The van der Waals surface area contributed by atoms with Crippen LogP contribution in [0.4, 0.5) is 0 Å². The molecule has 9 heavy (non-hydrogen) atoms. The van der Waals surface area contributed by atoms with E-state index in [1.807, 2.05) is 18.2 Å². The number of aromatic nitrogens is 1. The highest BCUT2D eigenvalue weighted by atomic mass is 32.1. The standard InChI is InChI=1S/C6H8N2S/c9-8-5-6-3-1-2-4-7-6/h1-4,8-9H,5H2. The summed E-state index contributed by atoms with van der Waals surface area (Å²) in [6, 6.07) is 5.79. The summed E-state index contributed by atoms with van der Waals surface area (Å²) in [4.78, 5) is 4.06. The van der Waals surface area contributed by atoms with E-state index in [0.717, 1.165) is 5.69 Å². The first-order valence-corrected chi connectivity index (χ1v) is 3.15. The maximum atomic E-state index is 4.06. The lowest BCUT2D eigenvalue weighted by Gasteiger charge is -1.94. The van der Waals surface area contributed by atoms with Gasteiger partial charge in [-0.2, -0.15) is 0 Å². The molecular formula is C6H8N2S. The first-order valence-electron chi connectivity index (χ1n) is 2.70. The van der Waals surface area contributed by atoms with Gasteiger partial charge >= 0.3 is 0 Å². The fraction of sp³-hybridized carbons (Fsp3) is 0.167. The maximum absolute atomic E-state index is 4.06. The van der Waals surface area contributed by atoms with Crippen molar-refractivity contribution in [3.63, 3.8) is 0 Å². The molecule has 0 atom stereocenters. The predicted octanol–water partition coefficient (Wildman–Crippen LogP) is 1.02. The molecule has 0 saturated carbocycles. The van der Waals surface area contributed by atoms with Crippen LogP contribution in [0, 0.1) is 0 Å². The van der Waals surface area contributed by atoms with E-state index in [4.69, 9.17) is 0 Å². The van der Waals surface area contributed by atoms with Gasteiger partial charge in [-0.15, -0.1) is 0 Å². The first-order chi connectivity index (χ1) is 4.43. The molecule has 0 radical (unpaired) electrons. The van der Waals surface area contributed by atoms with Crippen LogP contribution in [-0.4, -0.2) is 4.98 Å². The van der Waals surface area contributed by atoms with Gasteiger partial charge < -0.3 is 0 Å². The Labute approximate surface area is 59.9 Å². The molecule has 2 nitrogen and oxygen atoms in total. The zero-order chi connectivity index (χ0) is 6.53. The molecule has 1 N–H and O–H groups in total. The van der Waals surface area contributed by atoms with Crippen molar-refractivity contribution in [3.05, 3.63) is 30.1 Å². The largest absolute Gasteiger partial charge is 0.261 e. The van der Waals surface area contributed by atoms with E-state index in [1.165, 1.54) is 0 Å². The van der Waals surface area contributed by atoms with Crippen LogP contribution in [0.15, 0.2) is 24.4 Å². The zero-order valence-corrected chi connectivity index (χ0v) is 5.81. The maximum Gasteiger partial charge on any atom is 0.0550 e. The van der Waals surface area contributed by atoms with Gasteiger partial charge in [-0.3, -0.25) is 9.71 Å². The summed E-state index contributed by atoms with van der Waals surface area (Å²) < 4.78 is 2.72. The Balaban J connectivity index is 2.61. The van der Waals surface area contributed by atoms with E-state index in [-0.39, 0.29) is 0 Å². The number of hydrogen-bond acceptors (Lipinski definition) is 3. The highest BCUT2D eigenvalue weighted by molar-refractivity contribution is 7.78. The average molecular weight is 140 g/mol.